The van der Waals surface area contributed by atoms with Crippen LogP contribution in [0.4, 0.5) is 0 Å². The van der Waals surface area contributed by atoms with Crippen molar-refractivity contribution < 1.29 is 9.84 Å². The third-order valence-electron chi connectivity index (χ3n) is 7.66. The van der Waals surface area contributed by atoms with Crippen molar-refractivity contribution in [3.05, 3.63) is 88.5 Å². The minimum atomic E-state index is -0.0604. The summed E-state index contributed by atoms with van der Waals surface area (Å²) in [4.78, 5) is 7.05. The van der Waals surface area contributed by atoms with Crippen molar-refractivity contribution in [1.82, 2.24) is 10.2 Å². The van der Waals surface area contributed by atoms with E-state index in [1.54, 1.807) is 7.11 Å². The number of nitrogens with one attached hydrogen (secondary N) is 1. The molecule has 2 aliphatic heterocycles. The van der Waals surface area contributed by atoms with Crippen LogP contribution in [-0.2, 0) is 12.8 Å². The number of hydrogen-bond acceptors (Lipinski definition) is 6. The Morgan fingerprint density at radius 3 is 2.65 bits per heavy atom. The molecular formula is C28H34N4O2. The SMILES string of the molecule is COc1ccc(CCC=C2C=NC(N3CCC4(CC3)Cc3ccccc3[C@H]4N)=C(CO)N2)cc1. The monoisotopic (exact) mass is 458 g/mol. The summed E-state index contributed by atoms with van der Waals surface area (Å²) in [5.74, 6) is 1.73. The van der Waals surface area contributed by atoms with Crippen LogP contribution >= 0.6 is 0 Å². The first-order valence-electron chi connectivity index (χ1n) is 12.2. The highest BCUT2D eigenvalue weighted by atomic mass is 16.5. The maximum Gasteiger partial charge on any atom is 0.150 e. The molecule has 2 aromatic rings. The van der Waals surface area contributed by atoms with Crippen molar-refractivity contribution in [2.45, 2.75) is 38.1 Å². The number of likely N-dealkylation sites (tertiary alicyclic amines) is 1. The summed E-state index contributed by atoms with van der Waals surface area (Å²) in [5.41, 5.74) is 12.5. The number of nitrogens with zero attached hydrogens (tertiary/aromatic N) is 2. The van der Waals surface area contributed by atoms with Crippen LogP contribution in [0.25, 0.3) is 0 Å². The van der Waals surface area contributed by atoms with E-state index in [-0.39, 0.29) is 18.1 Å². The van der Waals surface area contributed by atoms with Crippen molar-refractivity contribution in [2.75, 3.05) is 26.8 Å². The van der Waals surface area contributed by atoms with Gasteiger partial charge in [-0.3, -0.25) is 0 Å². The van der Waals surface area contributed by atoms with Crippen LogP contribution < -0.4 is 15.8 Å². The number of aliphatic imine (C=N–C) groups is 1. The molecule has 0 saturated carbocycles. The fourth-order valence-electron chi connectivity index (χ4n) is 5.61. The van der Waals surface area contributed by atoms with Crippen LogP contribution in [0.1, 0.15) is 42.0 Å². The highest BCUT2D eigenvalue weighted by Gasteiger charge is 2.46. The Balaban J connectivity index is 1.20. The predicted octanol–water partition coefficient (Wildman–Crippen LogP) is 3.69. The number of ether oxygens (including phenoxy) is 1. The molecule has 1 saturated heterocycles. The van der Waals surface area contributed by atoms with Crippen molar-refractivity contribution in [3.8, 4) is 5.75 Å². The second-order valence-electron chi connectivity index (χ2n) is 9.59. The molecular weight excluding hydrogens is 424 g/mol. The number of methoxy groups -OCH3 is 1. The van der Waals surface area contributed by atoms with Crippen molar-refractivity contribution in [2.24, 2.45) is 16.1 Å². The number of fused-ring (bicyclic) bond motifs is 1. The number of rotatable bonds is 6. The molecule has 1 spiro atoms. The fourth-order valence-corrected chi connectivity index (χ4v) is 5.61. The van der Waals surface area contributed by atoms with Crippen LogP contribution in [0.2, 0.25) is 0 Å². The van der Waals surface area contributed by atoms with Gasteiger partial charge in [-0.2, -0.15) is 0 Å². The maximum atomic E-state index is 10.0. The third kappa shape index (κ3) is 4.36. The lowest BCUT2D eigenvalue weighted by molar-refractivity contribution is 0.107. The first-order chi connectivity index (χ1) is 16.6. The van der Waals surface area contributed by atoms with Gasteiger partial charge in [0.05, 0.1) is 31.3 Å². The summed E-state index contributed by atoms with van der Waals surface area (Å²) in [6.07, 6.45) is 8.97. The number of benzene rings is 2. The van der Waals surface area contributed by atoms with Gasteiger partial charge in [-0.1, -0.05) is 42.5 Å². The zero-order valence-electron chi connectivity index (χ0n) is 19.8. The predicted molar refractivity (Wildman–Crippen MR) is 135 cm³/mol. The van der Waals surface area contributed by atoms with Gasteiger partial charge < -0.3 is 25.8 Å². The summed E-state index contributed by atoms with van der Waals surface area (Å²) in [7, 11) is 1.68. The Labute approximate surface area is 201 Å². The second kappa shape index (κ2) is 9.65. The van der Waals surface area contributed by atoms with E-state index < -0.39 is 0 Å². The van der Waals surface area contributed by atoms with Crippen LogP contribution in [0.5, 0.6) is 5.75 Å². The van der Waals surface area contributed by atoms with Crippen LogP contribution in [-0.4, -0.2) is 43.0 Å². The summed E-state index contributed by atoms with van der Waals surface area (Å²) in [6.45, 7) is 1.74. The average molecular weight is 459 g/mol. The minimum Gasteiger partial charge on any atom is -0.497 e. The molecule has 5 rings (SSSR count). The second-order valence-corrected chi connectivity index (χ2v) is 9.59. The smallest absolute Gasteiger partial charge is 0.150 e. The molecule has 0 radical (unpaired) electrons. The molecule has 0 bridgehead atoms. The number of nitrogens with two attached hydrogens (primary N) is 1. The Bertz CT molecular complexity index is 1110. The van der Waals surface area contributed by atoms with Crippen molar-refractivity contribution >= 4 is 6.21 Å². The van der Waals surface area contributed by atoms with Gasteiger partial charge in [0, 0.05) is 19.1 Å². The molecule has 6 nitrogen and oxygen atoms in total. The highest BCUT2D eigenvalue weighted by molar-refractivity contribution is 5.80. The first-order valence-corrected chi connectivity index (χ1v) is 12.2. The van der Waals surface area contributed by atoms with E-state index in [0.29, 0.717) is 0 Å². The molecule has 4 N–H and O–H groups in total. The van der Waals surface area contributed by atoms with Crippen LogP contribution in [0.15, 0.2) is 76.8 Å². The Morgan fingerprint density at radius 2 is 1.94 bits per heavy atom. The quantitative estimate of drug-likeness (QED) is 0.615. The molecule has 34 heavy (non-hydrogen) atoms. The summed E-state index contributed by atoms with van der Waals surface area (Å²) in [6, 6.07) is 16.9. The number of aryl methyl sites for hydroxylation is 1. The van der Waals surface area contributed by atoms with Gasteiger partial charge in [0.25, 0.3) is 0 Å². The van der Waals surface area contributed by atoms with Gasteiger partial charge >= 0.3 is 0 Å². The zero-order valence-corrected chi connectivity index (χ0v) is 19.8. The van der Waals surface area contributed by atoms with Crippen molar-refractivity contribution in [3.63, 3.8) is 0 Å². The number of hydrogen-bond donors (Lipinski definition) is 3. The van der Waals surface area contributed by atoms with Gasteiger partial charge in [-0.15, -0.1) is 0 Å². The van der Waals surface area contributed by atoms with E-state index in [1.165, 1.54) is 16.7 Å². The summed E-state index contributed by atoms with van der Waals surface area (Å²) in [5, 5.41) is 13.4. The molecule has 0 unspecified atom stereocenters. The molecule has 6 heteroatoms. The van der Waals surface area contributed by atoms with E-state index in [0.717, 1.165) is 68.2 Å². The standard InChI is InChI=1S/C28H34N4O2/c1-34-23-11-9-20(10-12-23)5-4-7-22-18-30-27(25(19-33)31-22)32-15-13-28(14-16-32)17-21-6-2-3-8-24(21)26(28)29/h2-3,6-12,18,26,31,33H,4-5,13-17,19,29H2,1H3/t26-/m1/s1. The fraction of sp³-hybridized carbons (Fsp3) is 0.393. The zero-order chi connectivity index (χ0) is 23.5. The molecule has 1 atom stereocenters. The number of aliphatic hydroxyl groups excluding tert-OH is 1. The maximum absolute atomic E-state index is 10.0. The van der Waals surface area contributed by atoms with E-state index in [2.05, 4.69) is 52.7 Å². The van der Waals surface area contributed by atoms with Crippen LogP contribution in [0.3, 0.4) is 0 Å². The molecule has 1 fully saturated rings. The number of allylic oxidation sites excluding steroid dienone is 2. The third-order valence-corrected chi connectivity index (χ3v) is 7.66. The molecule has 1 aliphatic carbocycles. The van der Waals surface area contributed by atoms with Gasteiger partial charge in [-0.05, 0) is 66.3 Å². The van der Waals surface area contributed by atoms with E-state index in [1.807, 2.05) is 18.3 Å². The first kappa shape index (κ1) is 22.7. The number of piperidine rings is 1. The van der Waals surface area contributed by atoms with Crippen molar-refractivity contribution in [1.29, 1.82) is 0 Å². The summed E-state index contributed by atoms with van der Waals surface area (Å²) < 4.78 is 5.22. The lowest BCUT2D eigenvalue weighted by Gasteiger charge is -2.43. The lowest BCUT2D eigenvalue weighted by Crippen LogP contribution is -2.45. The van der Waals surface area contributed by atoms with Crippen LogP contribution in [0, 0.1) is 5.41 Å². The van der Waals surface area contributed by atoms with E-state index in [9.17, 15) is 5.11 Å². The molecule has 178 valence electrons. The van der Waals surface area contributed by atoms with Gasteiger partial charge in [0.1, 0.15) is 5.75 Å². The molecule has 0 aromatic heterocycles. The van der Waals surface area contributed by atoms with Gasteiger partial charge in [-0.25, -0.2) is 4.99 Å². The Kier molecular flexibility index (Phi) is 6.44. The normalized spacial score (nSPS) is 22.3. The molecule has 3 aliphatic rings. The van der Waals surface area contributed by atoms with E-state index in [4.69, 9.17) is 15.5 Å². The van der Waals surface area contributed by atoms with E-state index >= 15 is 0 Å². The Hall–Kier alpha value is -3.09. The molecule has 2 heterocycles. The molecule has 2 aromatic carbocycles. The highest BCUT2D eigenvalue weighted by Crippen LogP contribution is 2.51. The Morgan fingerprint density at radius 1 is 1.18 bits per heavy atom. The average Bonchev–Trinajstić information content (AvgIpc) is 3.16. The van der Waals surface area contributed by atoms with Gasteiger partial charge in [0.2, 0.25) is 0 Å². The topological polar surface area (TPSA) is 83.1 Å². The largest absolute Gasteiger partial charge is 0.497 e. The number of aliphatic hydroxyl groups is 1. The van der Waals surface area contributed by atoms with Gasteiger partial charge in [0.15, 0.2) is 5.82 Å². The molecule has 0 amide bonds. The minimum absolute atomic E-state index is 0.0604. The lowest BCUT2D eigenvalue weighted by atomic mass is 9.73. The summed E-state index contributed by atoms with van der Waals surface area (Å²) >= 11 is 0.